The number of allylic oxidation sites excluding steroid dienone is 1. The summed E-state index contributed by atoms with van der Waals surface area (Å²) in [6.07, 6.45) is 4.93. The second-order valence-corrected chi connectivity index (χ2v) is 11.2. The summed E-state index contributed by atoms with van der Waals surface area (Å²) in [6.45, 7) is 13.6. The molecule has 9 nitrogen and oxygen atoms in total. The number of aliphatic hydroxyl groups excluding tert-OH is 1. The van der Waals surface area contributed by atoms with Crippen LogP contribution in [-0.4, -0.2) is 80.0 Å². The van der Waals surface area contributed by atoms with Crippen LogP contribution in [0.15, 0.2) is 59.6 Å². The van der Waals surface area contributed by atoms with Gasteiger partial charge in [-0.2, -0.15) is 0 Å². The molecule has 0 spiro atoms. The fourth-order valence-electron chi connectivity index (χ4n) is 7.33. The van der Waals surface area contributed by atoms with Crippen LogP contribution in [0.3, 0.4) is 0 Å². The van der Waals surface area contributed by atoms with Gasteiger partial charge >= 0.3 is 11.9 Å². The van der Waals surface area contributed by atoms with Crippen molar-refractivity contribution < 1.29 is 38.4 Å². The number of methoxy groups -OCH3 is 2. The quantitative estimate of drug-likeness (QED) is 0.266. The lowest BCUT2D eigenvalue weighted by Crippen LogP contribution is -2.57. The van der Waals surface area contributed by atoms with Crippen molar-refractivity contribution in [2.75, 3.05) is 33.9 Å². The molecule has 212 valence electrons. The Morgan fingerprint density at radius 3 is 2.41 bits per heavy atom. The normalized spacial score (nSPS) is 34.7. The van der Waals surface area contributed by atoms with Crippen LogP contribution in [0, 0.1) is 16.7 Å². The van der Waals surface area contributed by atoms with Gasteiger partial charge in [-0.3, -0.25) is 9.59 Å². The van der Waals surface area contributed by atoms with E-state index in [1.807, 2.05) is 13.8 Å². The average molecular weight is 542 g/mol. The molecule has 1 saturated carbocycles. The van der Waals surface area contributed by atoms with E-state index in [4.69, 9.17) is 18.9 Å². The predicted molar refractivity (Wildman–Crippen MR) is 143 cm³/mol. The molecule has 4 rings (SSSR count). The van der Waals surface area contributed by atoms with E-state index in [1.54, 1.807) is 30.4 Å². The van der Waals surface area contributed by atoms with E-state index in [1.165, 1.54) is 14.0 Å². The zero-order valence-electron chi connectivity index (χ0n) is 23.5. The van der Waals surface area contributed by atoms with E-state index in [-0.39, 0.29) is 29.8 Å². The van der Waals surface area contributed by atoms with Crippen molar-refractivity contribution in [2.24, 2.45) is 16.7 Å². The Kier molecular flexibility index (Phi) is 7.96. The number of cyclic esters (lactones) is 1. The summed E-state index contributed by atoms with van der Waals surface area (Å²) in [5, 5.41) is 11.6. The number of hydrogen-bond acceptors (Lipinski definition) is 9. The molecule has 9 heteroatoms. The zero-order chi connectivity index (χ0) is 28.7. The number of aliphatic hydroxyl groups is 1. The Balaban J connectivity index is 2.01. The van der Waals surface area contributed by atoms with Crippen LogP contribution in [-0.2, 0) is 33.3 Å². The summed E-state index contributed by atoms with van der Waals surface area (Å²) in [4.78, 5) is 41.7. The second-order valence-electron chi connectivity index (χ2n) is 11.2. The minimum atomic E-state index is -1.20. The standard InChI is InChI=1S/C30H39NO8/c1-8-12-31(13-9-2)15-18-24-27(34)26(33)23-19-10-11-21(37-7)29(19,4)14-20(38-17(3)32)25(23)30(24,5)22(16-36-6)39-28(18)35/h8-9,15,19-22,34H,1-2,10-14,16H2,3-7H3. The summed E-state index contributed by atoms with van der Waals surface area (Å²) < 4.78 is 23.2. The first kappa shape index (κ1) is 28.8. The van der Waals surface area contributed by atoms with E-state index in [9.17, 15) is 19.5 Å². The molecule has 1 aliphatic heterocycles. The van der Waals surface area contributed by atoms with E-state index in [0.717, 1.165) is 6.42 Å². The van der Waals surface area contributed by atoms with E-state index >= 15 is 0 Å². The fourth-order valence-corrected chi connectivity index (χ4v) is 7.33. The number of ether oxygens (including phenoxy) is 4. The van der Waals surface area contributed by atoms with Crippen molar-refractivity contribution in [3.8, 4) is 0 Å². The summed E-state index contributed by atoms with van der Waals surface area (Å²) >= 11 is 0. The van der Waals surface area contributed by atoms with E-state index in [0.29, 0.717) is 37.1 Å². The number of esters is 2. The van der Waals surface area contributed by atoms with Gasteiger partial charge in [-0.05, 0) is 37.7 Å². The monoisotopic (exact) mass is 541 g/mol. The molecule has 39 heavy (non-hydrogen) atoms. The molecule has 0 radical (unpaired) electrons. The van der Waals surface area contributed by atoms with Crippen LogP contribution in [0.1, 0.15) is 40.0 Å². The highest BCUT2D eigenvalue weighted by Gasteiger charge is 2.64. The van der Waals surface area contributed by atoms with Gasteiger partial charge < -0.3 is 29.0 Å². The first-order valence-corrected chi connectivity index (χ1v) is 13.3. The molecule has 6 unspecified atom stereocenters. The predicted octanol–water partition coefficient (Wildman–Crippen LogP) is 3.58. The Morgan fingerprint density at radius 1 is 1.18 bits per heavy atom. The molecule has 3 aliphatic carbocycles. The summed E-state index contributed by atoms with van der Waals surface area (Å²) in [7, 11) is 3.14. The van der Waals surface area contributed by atoms with Crippen molar-refractivity contribution in [3.63, 3.8) is 0 Å². The van der Waals surface area contributed by atoms with Gasteiger partial charge in [-0.1, -0.05) is 19.1 Å². The van der Waals surface area contributed by atoms with Crippen molar-refractivity contribution in [2.45, 2.75) is 58.3 Å². The molecule has 6 atom stereocenters. The summed E-state index contributed by atoms with van der Waals surface area (Å²) in [5.41, 5.74) is -0.501. The maximum atomic E-state index is 14.1. The largest absolute Gasteiger partial charge is 0.504 e. The molecule has 2 fully saturated rings. The van der Waals surface area contributed by atoms with Gasteiger partial charge in [0.15, 0.2) is 5.76 Å². The van der Waals surface area contributed by atoms with Crippen LogP contribution < -0.4 is 0 Å². The Hall–Kier alpha value is -3.17. The van der Waals surface area contributed by atoms with Crippen molar-refractivity contribution in [3.05, 3.63) is 59.6 Å². The number of carbonyl (C=O) groups excluding carboxylic acids is 3. The third-order valence-electron chi connectivity index (χ3n) is 8.94. The SMILES string of the molecule is C=CCN(C=C1C(=O)OC(COC)C2(C)C1=C(O)C(=O)C1=C2C(OC(C)=O)CC2(C)C(OC)CCC12)CC=C. The highest BCUT2D eigenvalue weighted by Crippen LogP contribution is 2.63. The molecule has 4 aliphatic rings. The molecule has 0 aromatic rings. The van der Waals surface area contributed by atoms with Crippen molar-refractivity contribution in [1.29, 1.82) is 0 Å². The van der Waals surface area contributed by atoms with Gasteiger partial charge in [0.25, 0.3) is 0 Å². The number of ketones is 1. The van der Waals surface area contributed by atoms with Crippen LogP contribution in [0.2, 0.25) is 0 Å². The highest BCUT2D eigenvalue weighted by molar-refractivity contribution is 6.13. The molecule has 1 saturated heterocycles. The molecular formula is C30H39NO8. The van der Waals surface area contributed by atoms with Gasteiger partial charge in [0.2, 0.25) is 5.78 Å². The third-order valence-corrected chi connectivity index (χ3v) is 8.94. The molecule has 0 amide bonds. The number of fused-ring (bicyclic) bond motifs is 4. The maximum Gasteiger partial charge on any atom is 0.340 e. The Morgan fingerprint density at radius 2 is 1.85 bits per heavy atom. The fraction of sp³-hybridized carbons (Fsp3) is 0.567. The number of carbonyl (C=O) groups is 3. The minimum Gasteiger partial charge on any atom is -0.504 e. The molecule has 0 bridgehead atoms. The van der Waals surface area contributed by atoms with Crippen molar-refractivity contribution >= 4 is 17.7 Å². The van der Waals surface area contributed by atoms with Gasteiger partial charge in [-0.25, -0.2) is 4.79 Å². The lowest BCUT2D eigenvalue weighted by molar-refractivity contribution is -0.161. The van der Waals surface area contributed by atoms with Crippen LogP contribution >= 0.6 is 0 Å². The maximum absolute atomic E-state index is 14.1. The minimum absolute atomic E-state index is 0.00965. The van der Waals surface area contributed by atoms with Gasteiger partial charge in [0, 0.05) is 57.0 Å². The van der Waals surface area contributed by atoms with Crippen LogP contribution in [0.5, 0.6) is 0 Å². The second kappa shape index (κ2) is 10.8. The molecular weight excluding hydrogens is 502 g/mol. The van der Waals surface area contributed by atoms with Crippen LogP contribution in [0.25, 0.3) is 0 Å². The average Bonchev–Trinajstić information content (AvgIpc) is 3.20. The lowest BCUT2D eigenvalue weighted by Gasteiger charge is -2.54. The van der Waals surface area contributed by atoms with E-state index < -0.39 is 46.5 Å². The van der Waals surface area contributed by atoms with Gasteiger partial charge in [0.1, 0.15) is 12.2 Å². The number of hydrogen-bond donors (Lipinski definition) is 1. The Labute approximate surface area is 229 Å². The number of Topliss-reactive ketones (excluding diaryl/α,β-unsaturated/α-hetero) is 1. The topological polar surface area (TPSA) is 112 Å². The molecule has 0 aromatic carbocycles. The highest BCUT2D eigenvalue weighted by atomic mass is 16.6. The first-order valence-electron chi connectivity index (χ1n) is 13.3. The van der Waals surface area contributed by atoms with Crippen molar-refractivity contribution in [1.82, 2.24) is 4.90 Å². The van der Waals surface area contributed by atoms with Gasteiger partial charge in [0.05, 0.1) is 23.7 Å². The molecule has 0 aromatic heterocycles. The lowest BCUT2D eigenvalue weighted by atomic mass is 9.53. The van der Waals surface area contributed by atoms with Crippen LogP contribution in [0.4, 0.5) is 0 Å². The summed E-state index contributed by atoms with van der Waals surface area (Å²) in [6, 6.07) is 0. The van der Waals surface area contributed by atoms with Gasteiger partial charge in [-0.15, -0.1) is 13.2 Å². The Bertz CT molecular complexity index is 1170. The first-order chi connectivity index (χ1) is 18.5. The third kappa shape index (κ3) is 4.45. The zero-order valence-corrected chi connectivity index (χ0v) is 23.5. The number of nitrogens with zero attached hydrogens (tertiary/aromatic N) is 1. The summed E-state index contributed by atoms with van der Waals surface area (Å²) in [5.74, 6) is -2.46. The molecule has 1 heterocycles. The molecule has 1 N–H and O–H groups in total. The smallest absolute Gasteiger partial charge is 0.340 e. The van der Waals surface area contributed by atoms with E-state index in [2.05, 4.69) is 13.2 Å². The number of rotatable bonds is 9.